The van der Waals surface area contributed by atoms with Crippen molar-refractivity contribution in [2.24, 2.45) is 0 Å². The summed E-state index contributed by atoms with van der Waals surface area (Å²) in [6, 6.07) is 3.14. The number of thioether (sulfide) groups is 1. The molecule has 1 aromatic carbocycles. The molecular weight excluding hydrogens is 606 g/mol. The fourth-order valence-electron chi connectivity index (χ4n) is 5.50. The Bertz CT molecular complexity index is 1360. The van der Waals surface area contributed by atoms with Crippen molar-refractivity contribution in [1.82, 2.24) is 25.8 Å². The van der Waals surface area contributed by atoms with Crippen molar-refractivity contribution in [3.8, 4) is 0 Å². The third-order valence-electron chi connectivity index (χ3n) is 7.77. The van der Waals surface area contributed by atoms with Gasteiger partial charge >= 0.3 is 24.0 Å². The Morgan fingerprint density at radius 3 is 2.39 bits per heavy atom. The molecule has 0 spiro atoms. The van der Waals surface area contributed by atoms with Crippen molar-refractivity contribution in [3.05, 3.63) is 35.9 Å². The zero-order chi connectivity index (χ0) is 32.1. The minimum Gasteiger partial charge on any atom is -0.479 e. The van der Waals surface area contributed by atoms with E-state index in [1.807, 2.05) is 0 Å². The first-order valence-electron chi connectivity index (χ1n) is 13.6. The van der Waals surface area contributed by atoms with E-state index in [-0.39, 0.29) is 13.1 Å². The summed E-state index contributed by atoms with van der Waals surface area (Å²) < 4.78 is 9.24. The number of carbonyl (C=O) groups excluding carboxylic acids is 5. The minimum atomic E-state index is -2.00. The van der Waals surface area contributed by atoms with E-state index in [0.29, 0.717) is 5.56 Å². The van der Waals surface area contributed by atoms with Crippen LogP contribution in [0.15, 0.2) is 30.3 Å². The van der Waals surface area contributed by atoms with E-state index >= 15 is 0 Å². The Hall–Kier alpha value is -3.97. The van der Waals surface area contributed by atoms with Gasteiger partial charge in [0.15, 0.2) is 6.10 Å². The van der Waals surface area contributed by atoms with Gasteiger partial charge in [0.25, 0.3) is 0 Å². The lowest BCUT2D eigenvalue weighted by molar-refractivity contribution is -0.287. The molecule has 18 heteroatoms. The molecule has 44 heavy (non-hydrogen) atoms. The van der Waals surface area contributed by atoms with Crippen LogP contribution < -0.4 is 16.0 Å². The molecule has 17 nitrogen and oxygen atoms in total. The fraction of sp³-hybridized carbons (Fsp3) is 0.538. The van der Waals surface area contributed by atoms with Gasteiger partial charge in [0, 0.05) is 17.8 Å². The highest BCUT2D eigenvalue weighted by atomic mass is 32.2. The molecule has 0 aromatic heterocycles. The second-order valence-electron chi connectivity index (χ2n) is 11.1. The van der Waals surface area contributed by atoms with Crippen LogP contribution in [0.2, 0.25) is 0 Å². The molecule has 5 unspecified atom stereocenters. The largest absolute Gasteiger partial charge is 0.479 e. The molecule has 238 valence electrons. The lowest BCUT2D eigenvalue weighted by atomic mass is 9.95. The predicted octanol–water partition coefficient (Wildman–Crippen LogP) is -2.55. The van der Waals surface area contributed by atoms with Crippen LogP contribution in [0.5, 0.6) is 0 Å². The van der Waals surface area contributed by atoms with Crippen LogP contribution >= 0.6 is 11.8 Å². The highest BCUT2D eigenvalue weighted by molar-refractivity contribution is 8.01. The number of β-lactam (4-membered cyclic amide) rings is 1. The van der Waals surface area contributed by atoms with Crippen LogP contribution in [0.4, 0.5) is 9.59 Å². The number of hydrogen-bond donors (Lipinski definition) is 7. The number of benzene rings is 1. The smallest absolute Gasteiger partial charge is 0.335 e. The summed E-state index contributed by atoms with van der Waals surface area (Å²) in [5.41, 5.74) is 0.389. The Morgan fingerprint density at radius 2 is 1.77 bits per heavy atom. The zero-order valence-electron chi connectivity index (χ0n) is 23.4. The average molecular weight is 638 g/mol. The molecule has 4 aliphatic rings. The molecule has 4 aliphatic heterocycles. The number of hydrogen-bond acceptors (Lipinski definition) is 12. The number of urea groups is 2. The third-order valence-corrected chi connectivity index (χ3v) is 9.34. The van der Waals surface area contributed by atoms with Crippen molar-refractivity contribution >= 4 is 47.6 Å². The number of esters is 1. The van der Waals surface area contributed by atoms with Gasteiger partial charge in [-0.3, -0.25) is 9.59 Å². The van der Waals surface area contributed by atoms with Gasteiger partial charge in [-0.05, 0) is 19.4 Å². The van der Waals surface area contributed by atoms with E-state index in [4.69, 9.17) is 9.47 Å². The zero-order valence-corrected chi connectivity index (χ0v) is 24.2. The molecule has 5 rings (SSSR count). The molecule has 0 aliphatic carbocycles. The van der Waals surface area contributed by atoms with E-state index in [0.717, 1.165) is 4.90 Å². The van der Waals surface area contributed by atoms with Crippen LogP contribution in [-0.2, 0) is 28.7 Å². The summed E-state index contributed by atoms with van der Waals surface area (Å²) in [7, 11) is 0. The van der Waals surface area contributed by atoms with Crippen LogP contribution in [0, 0.1) is 0 Å². The van der Waals surface area contributed by atoms with Crippen LogP contribution in [0.25, 0.3) is 0 Å². The average Bonchev–Trinajstić information content (AvgIpc) is 3.52. The number of ether oxygens (including phenoxy) is 2. The summed E-state index contributed by atoms with van der Waals surface area (Å²) in [5.74, 6) is -4.12. The number of nitrogens with one attached hydrogen (secondary N) is 3. The molecular formula is C26H31N5O12S. The number of carbonyl (C=O) groups is 6. The van der Waals surface area contributed by atoms with Gasteiger partial charge in [-0.2, -0.15) is 0 Å². The van der Waals surface area contributed by atoms with Crippen LogP contribution in [0.1, 0.15) is 25.5 Å². The van der Waals surface area contributed by atoms with E-state index in [1.54, 1.807) is 44.2 Å². The first-order chi connectivity index (χ1) is 20.7. The molecule has 6 amide bonds. The normalized spacial score (nSPS) is 33.0. The van der Waals surface area contributed by atoms with Crippen molar-refractivity contribution < 1.29 is 58.7 Å². The molecule has 1 aromatic rings. The lowest BCUT2D eigenvalue weighted by Gasteiger charge is -2.45. The van der Waals surface area contributed by atoms with Crippen molar-refractivity contribution in [3.63, 3.8) is 0 Å². The molecule has 9 atom stereocenters. The van der Waals surface area contributed by atoms with Gasteiger partial charge in [0.1, 0.15) is 41.8 Å². The number of fused-ring (bicyclic) bond motifs is 1. The SMILES string of the molecule is CC1(C)S[C@@H]2[C@H](NC(=O)[C@H](NC(=O)N3CCNC3=O)c3ccccc3)C(=O)N2[C@H]1C(=O)OC1OC(C(=O)O)C(O)C(O)C1O. The summed E-state index contributed by atoms with van der Waals surface area (Å²) in [6.07, 6.45) is -9.91. The van der Waals surface area contributed by atoms with E-state index in [1.165, 1.54) is 16.7 Å². The van der Waals surface area contributed by atoms with Gasteiger partial charge in [0.05, 0.1) is 0 Å². The summed E-state index contributed by atoms with van der Waals surface area (Å²) in [5, 5.41) is 46.4. The maximum absolute atomic E-state index is 13.5. The molecule has 0 bridgehead atoms. The van der Waals surface area contributed by atoms with E-state index in [2.05, 4.69) is 16.0 Å². The first kappa shape index (κ1) is 31.5. The molecule has 7 N–H and O–H groups in total. The fourth-order valence-corrected chi connectivity index (χ4v) is 7.12. The van der Waals surface area contributed by atoms with Crippen molar-refractivity contribution in [2.45, 2.75) is 72.8 Å². The van der Waals surface area contributed by atoms with Crippen LogP contribution in [0.3, 0.4) is 0 Å². The van der Waals surface area contributed by atoms with E-state index in [9.17, 15) is 49.2 Å². The Kier molecular flexibility index (Phi) is 8.47. The Labute approximate surface area is 253 Å². The number of rotatable bonds is 7. The van der Waals surface area contributed by atoms with Gasteiger partial charge in [-0.15, -0.1) is 11.8 Å². The maximum atomic E-state index is 13.5. The number of aliphatic hydroxyl groups excluding tert-OH is 3. The van der Waals surface area contributed by atoms with Crippen LogP contribution in [-0.4, -0.2) is 132 Å². The summed E-state index contributed by atoms with van der Waals surface area (Å²) in [6.45, 7) is 3.64. The van der Waals surface area contributed by atoms with Gasteiger partial charge in [0.2, 0.25) is 18.1 Å². The maximum Gasteiger partial charge on any atom is 0.335 e. The van der Waals surface area contributed by atoms with Gasteiger partial charge < -0.3 is 50.8 Å². The van der Waals surface area contributed by atoms with Gasteiger partial charge in [-0.1, -0.05) is 30.3 Å². The predicted molar refractivity (Wildman–Crippen MR) is 146 cm³/mol. The van der Waals surface area contributed by atoms with Crippen molar-refractivity contribution in [1.29, 1.82) is 0 Å². The highest BCUT2D eigenvalue weighted by Gasteiger charge is 2.65. The lowest BCUT2D eigenvalue weighted by Crippen LogP contribution is -2.71. The molecule has 4 heterocycles. The Balaban J connectivity index is 1.28. The van der Waals surface area contributed by atoms with Gasteiger partial charge in [-0.25, -0.2) is 24.1 Å². The first-order valence-corrected chi connectivity index (χ1v) is 14.4. The monoisotopic (exact) mass is 637 g/mol. The number of carboxylic acids is 1. The Morgan fingerprint density at radius 1 is 1.09 bits per heavy atom. The number of amides is 6. The molecule has 4 fully saturated rings. The quantitative estimate of drug-likeness (QED) is 0.120. The highest BCUT2D eigenvalue weighted by Crippen LogP contribution is 2.51. The van der Waals surface area contributed by atoms with E-state index < -0.39 is 94.8 Å². The number of imide groups is 1. The topological polar surface area (TPSA) is 244 Å². The number of aliphatic hydroxyl groups is 3. The molecule has 0 saturated carbocycles. The number of nitrogens with zero attached hydrogens (tertiary/aromatic N) is 2. The second-order valence-corrected chi connectivity index (χ2v) is 12.9. The number of carboxylic acid groups (broad SMARTS) is 1. The summed E-state index contributed by atoms with van der Waals surface area (Å²) >= 11 is 1.17. The third kappa shape index (κ3) is 5.54. The molecule has 0 radical (unpaired) electrons. The molecule has 4 saturated heterocycles. The number of aliphatic carboxylic acids is 1. The second kappa shape index (κ2) is 11.8. The summed E-state index contributed by atoms with van der Waals surface area (Å²) in [4.78, 5) is 78.3. The van der Waals surface area contributed by atoms with Crippen molar-refractivity contribution in [2.75, 3.05) is 13.1 Å². The standard InChI is InChI=1S/C26H31N5O12S/c1-26(2)17(22(39)43-23-15(34)13(32)14(33)16(42-23)21(37)38)31-19(36)12(20(31)44-26)28-18(35)11(10-6-4-3-5-7-10)29-25(41)30-9-8-27-24(30)40/h3-7,11-17,20,23,32-34H,8-9H2,1-2H3,(H,27,40)(H,28,35)(H,29,41)(H,37,38)/t11-,12-,13?,14?,15?,16?,17+,20-,23?/m1/s1. The minimum absolute atomic E-state index is 0.106.